The number of primary sulfonamides is 1. The van der Waals surface area contributed by atoms with E-state index in [2.05, 4.69) is 15.3 Å². The molecule has 0 aromatic carbocycles. The maximum Gasteiger partial charge on any atom is 0.257 e. The second-order valence-electron chi connectivity index (χ2n) is 3.01. The highest BCUT2D eigenvalue weighted by atomic mass is 32.2. The molecule has 9 heteroatoms. The van der Waals surface area contributed by atoms with Gasteiger partial charge in [-0.25, -0.2) is 13.6 Å². The van der Waals surface area contributed by atoms with Gasteiger partial charge < -0.3 is 0 Å². The van der Waals surface area contributed by atoms with E-state index in [1.165, 1.54) is 12.3 Å². The second kappa shape index (κ2) is 3.93. The van der Waals surface area contributed by atoms with Crippen LogP contribution in [0.4, 0.5) is 0 Å². The summed E-state index contributed by atoms with van der Waals surface area (Å²) < 4.78 is 23.7. The van der Waals surface area contributed by atoms with Crippen molar-refractivity contribution in [1.82, 2.24) is 20.0 Å². The van der Waals surface area contributed by atoms with Crippen LogP contribution in [0.1, 0.15) is 5.56 Å². The highest BCUT2D eigenvalue weighted by Gasteiger charge is 2.22. The summed E-state index contributed by atoms with van der Waals surface area (Å²) in [6.45, 7) is 0. The zero-order valence-corrected chi connectivity index (χ0v) is 9.16. The van der Waals surface area contributed by atoms with E-state index < -0.39 is 15.0 Å². The molecule has 2 aromatic rings. The number of hydrogen-bond acceptors (Lipinski definition) is 6. The van der Waals surface area contributed by atoms with E-state index in [0.717, 1.165) is 10.9 Å². The van der Waals surface area contributed by atoms with Crippen LogP contribution in [0.5, 0.6) is 0 Å². The summed E-state index contributed by atoms with van der Waals surface area (Å²) in [5.74, 6) is 0.165. The van der Waals surface area contributed by atoms with Crippen LogP contribution >= 0.6 is 0 Å². The van der Waals surface area contributed by atoms with Crippen LogP contribution in [0.15, 0.2) is 29.6 Å². The largest absolute Gasteiger partial charge is 0.257 e. The molecule has 0 bridgehead atoms. The molecule has 2 N–H and O–H groups in total. The summed E-state index contributed by atoms with van der Waals surface area (Å²) in [4.78, 5) is 0. The van der Waals surface area contributed by atoms with Gasteiger partial charge in [0.25, 0.3) is 10.0 Å². The van der Waals surface area contributed by atoms with Gasteiger partial charge in [-0.15, -0.1) is 5.10 Å². The zero-order chi connectivity index (χ0) is 12.5. The van der Waals surface area contributed by atoms with E-state index in [-0.39, 0.29) is 11.4 Å². The summed E-state index contributed by atoms with van der Waals surface area (Å²) in [6.07, 6.45) is 2.53. The van der Waals surface area contributed by atoms with Gasteiger partial charge in [-0.1, -0.05) is 0 Å². The fourth-order valence-corrected chi connectivity index (χ4v) is 2.04. The lowest BCUT2D eigenvalue weighted by atomic mass is 10.4. The van der Waals surface area contributed by atoms with Crippen molar-refractivity contribution in [2.45, 2.75) is 5.03 Å². The van der Waals surface area contributed by atoms with Crippen LogP contribution < -0.4 is 5.14 Å². The molecule has 0 amide bonds. The van der Waals surface area contributed by atoms with Crippen molar-refractivity contribution in [3.63, 3.8) is 0 Å². The quantitative estimate of drug-likeness (QED) is 0.741. The number of nitriles is 1. The van der Waals surface area contributed by atoms with Crippen molar-refractivity contribution >= 4 is 10.0 Å². The molecule has 0 aliphatic heterocycles. The molecule has 0 aliphatic rings. The summed E-state index contributed by atoms with van der Waals surface area (Å²) in [6, 6.07) is 4.76. The van der Waals surface area contributed by atoms with Crippen LogP contribution in [-0.2, 0) is 10.0 Å². The standard InChI is InChI=1S/C8H6N6O2S/c9-4-6-5-12-14(8(6)17(10,15)16)7-2-1-3-11-13-7/h1-3,5H,(H2,10,15,16). The number of rotatable bonds is 2. The smallest absolute Gasteiger partial charge is 0.223 e. The zero-order valence-electron chi connectivity index (χ0n) is 8.35. The lowest BCUT2D eigenvalue weighted by molar-refractivity contribution is 0.585. The minimum absolute atomic E-state index is 0.141. The average molecular weight is 250 g/mol. The fraction of sp³-hybridized carbons (Fsp3) is 0. The van der Waals surface area contributed by atoms with E-state index in [9.17, 15) is 8.42 Å². The highest BCUT2D eigenvalue weighted by molar-refractivity contribution is 7.89. The van der Waals surface area contributed by atoms with E-state index >= 15 is 0 Å². The summed E-state index contributed by atoms with van der Waals surface area (Å²) in [7, 11) is -4.07. The first kappa shape index (κ1) is 11.2. The average Bonchev–Trinajstić information content (AvgIpc) is 2.73. The van der Waals surface area contributed by atoms with Crippen LogP contribution in [0, 0.1) is 11.3 Å². The van der Waals surface area contributed by atoms with Crippen LogP contribution in [0.25, 0.3) is 5.82 Å². The van der Waals surface area contributed by atoms with E-state index in [4.69, 9.17) is 10.4 Å². The maximum absolute atomic E-state index is 11.4. The van der Waals surface area contributed by atoms with E-state index in [0.29, 0.717) is 0 Å². The molecule has 2 aromatic heterocycles. The predicted molar refractivity (Wildman–Crippen MR) is 55.2 cm³/mol. The van der Waals surface area contributed by atoms with Gasteiger partial charge in [0.15, 0.2) is 10.8 Å². The van der Waals surface area contributed by atoms with Crippen molar-refractivity contribution < 1.29 is 8.42 Å². The third-order valence-corrected chi connectivity index (χ3v) is 2.82. The first-order chi connectivity index (χ1) is 8.04. The summed E-state index contributed by atoms with van der Waals surface area (Å²) >= 11 is 0. The summed E-state index contributed by atoms with van der Waals surface area (Å²) in [5.41, 5.74) is -0.141. The number of hydrogen-bond donors (Lipinski definition) is 1. The van der Waals surface area contributed by atoms with Gasteiger partial charge in [0.2, 0.25) is 0 Å². The highest BCUT2D eigenvalue weighted by Crippen LogP contribution is 2.16. The Kier molecular flexibility index (Phi) is 2.58. The summed E-state index contributed by atoms with van der Waals surface area (Å²) in [5, 5.41) is 24.4. The van der Waals surface area contributed by atoms with Gasteiger partial charge in [-0.2, -0.15) is 20.1 Å². The first-order valence-corrected chi connectivity index (χ1v) is 5.87. The molecule has 8 nitrogen and oxygen atoms in total. The van der Waals surface area contributed by atoms with Gasteiger partial charge in [-0.05, 0) is 12.1 Å². The Morgan fingerprint density at radius 2 is 2.24 bits per heavy atom. The van der Waals surface area contributed by atoms with Crippen LogP contribution in [0.2, 0.25) is 0 Å². The minimum atomic E-state index is -4.07. The van der Waals surface area contributed by atoms with Gasteiger partial charge in [0.1, 0.15) is 11.6 Å². The third kappa shape index (κ3) is 1.99. The monoisotopic (exact) mass is 250 g/mol. The normalized spacial score (nSPS) is 11.1. The van der Waals surface area contributed by atoms with E-state index in [1.54, 1.807) is 12.1 Å². The molecule has 0 fully saturated rings. The Labute approximate surface area is 96.4 Å². The minimum Gasteiger partial charge on any atom is -0.223 e. The third-order valence-electron chi connectivity index (χ3n) is 1.89. The van der Waals surface area contributed by atoms with Crippen molar-refractivity contribution in [3.8, 4) is 11.9 Å². The lowest BCUT2D eigenvalue weighted by Crippen LogP contribution is -2.19. The molecule has 0 saturated heterocycles. The number of sulfonamides is 1. The van der Waals surface area contributed by atoms with Crippen molar-refractivity contribution in [1.29, 1.82) is 5.26 Å². The topological polar surface area (TPSA) is 128 Å². The van der Waals surface area contributed by atoms with Gasteiger partial charge in [0, 0.05) is 6.20 Å². The lowest BCUT2D eigenvalue weighted by Gasteiger charge is -2.03. The first-order valence-electron chi connectivity index (χ1n) is 4.33. The molecule has 2 heterocycles. The maximum atomic E-state index is 11.4. The van der Waals surface area contributed by atoms with Gasteiger partial charge in [-0.3, -0.25) is 0 Å². The fourth-order valence-electron chi connectivity index (χ4n) is 1.26. The molecular formula is C8H6N6O2S. The molecule has 0 aliphatic carbocycles. The van der Waals surface area contributed by atoms with Crippen LogP contribution in [-0.4, -0.2) is 28.4 Å². The number of nitrogens with zero attached hydrogens (tertiary/aromatic N) is 5. The Morgan fingerprint density at radius 1 is 1.47 bits per heavy atom. The molecule has 0 atom stereocenters. The molecule has 2 rings (SSSR count). The molecular weight excluding hydrogens is 244 g/mol. The molecule has 0 radical (unpaired) electrons. The molecule has 0 unspecified atom stereocenters. The van der Waals surface area contributed by atoms with Crippen LogP contribution in [0.3, 0.4) is 0 Å². The number of nitrogens with two attached hydrogens (primary N) is 1. The molecule has 86 valence electrons. The molecule has 0 saturated carbocycles. The molecule has 17 heavy (non-hydrogen) atoms. The van der Waals surface area contributed by atoms with E-state index in [1.807, 2.05) is 0 Å². The van der Waals surface area contributed by atoms with Crippen molar-refractivity contribution in [2.75, 3.05) is 0 Å². The Bertz CT molecular complexity index is 685. The van der Waals surface area contributed by atoms with Crippen molar-refractivity contribution in [3.05, 3.63) is 30.1 Å². The predicted octanol–water partition coefficient (Wildman–Crippen LogP) is -0.819. The van der Waals surface area contributed by atoms with Crippen molar-refractivity contribution in [2.24, 2.45) is 5.14 Å². The van der Waals surface area contributed by atoms with Gasteiger partial charge in [0.05, 0.1) is 6.20 Å². The Balaban J connectivity index is 2.74. The number of aromatic nitrogens is 4. The second-order valence-corrected chi connectivity index (χ2v) is 4.49. The Morgan fingerprint density at radius 3 is 2.76 bits per heavy atom. The Hall–Kier alpha value is -2.31. The SMILES string of the molecule is N#Cc1cnn(-c2cccnn2)c1S(N)(=O)=O. The molecule has 0 spiro atoms. The van der Waals surface area contributed by atoms with Gasteiger partial charge >= 0.3 is 0 Å².